The van der Waals surface area contributed by atoms with Gasteiger partial charge in [-0.1, -0.05) is 6.92 Å². The molecule has 1 aliphatic heterocycles. The Morgan fingerprint density at radius 1 is 1.32 bits per heavy atom. The lowest BCUT2D eigenvalue weighted by Crippen LogP contribution is -2.42. The molecule has 1 fully saturated rings. The van der Waals surface area contributed by atoms with Crippen LogP contribution in [0.15, 0.2) is 18.3 Å². The molecule has 1 aliphatic rings. The van der Waals surface area contributed by atoms with Gasteiger partial charge in [-0.25, -0.2) is 4.98 Å². The maximum absolute atomic E-state index is 12.1. The van der Waals surface area contributed by atoms with E-state index in [2.05, 4.69) is 22.5 Å². The number of piperidine rings is 1. The van der Waals surface area contributed by atoms with Crippen molar-refractivity contribution >= 4 is 36.5 Å². The summed E-state index contributed by atoms with van der Waals surface area (Å²) < 4.78 is 0. The van der Waals surface area contributed by atoms with Gasteiger partial charge in [-0.15, -0.1) is 24.8 Å². The second kappa shape index (κ2) is 9.18. The fourth-order valence-electron chi connectivity index (χ4n) is 2.39. The average Bonchev–Trinajstić information content (AvgIpc) is 2.46. The smallest absolute Gasteiger partial charge is 0.252 e. The third kappa shape index (κ3) is 5.63. The average molecular weight is 349 g/mol. The van der Waals surface area contributed by atoms with E-state index in [-0.39, 0.29) is 36.1 Å². The van der Waals surface area contributed by atoms with Crippen LogP contribution in [0, 0.1) is 5.41 Å². The second-order valence-electron chi connectivity index (χ2n) is 6.04. The lowest BCUT2D eigenvalue weighted by molar-refractivity contribution is 0.0922. The highest BCUT2D eigenvalue weighted by Crippen LogP contribution is 2.26. The molecule has 1 aromatic rings. The first-order valence-electron chi connectivity index (χ1n) is 7.12. The number of pyridine rings is 1. The number of nitrogens with one attached hydrogen (secondary N) is 2. The second-order valence-corrected chi connectivity index (χ2v) is 6.04. The first-order valence-corrected chi connectivity index (χ1v) is 7.12. The van der Waals surface area contributed by atoms with Crippen molar-refractivity contribution in [2.24, 2.45) is 5.41 Å². The summed E-state index contributed by atoms with van der Waals surface area (Å²) >= 11 is 0. The topological polar surface area (TPSA) is 57.3 Å². The third-order valence-corrected chi connectivity index (χ3v) is 3.95. The molecule has 22 heavy (non-hydrogen) atoms. The molecule has 1 amide bonds. The van der Waals surface area contributed by atoms with Crippen LogP contribution in [0.5, 0.6) is 0 Å². The van der Waals surface area contributed by atoms with Crippen LogP contribution in [-0.2, 0) is 0 Å². The van der Waals surface area contributed by atoms with Gasteiger partial charge >= 0.3 is 0 Å². The van der Waals surface area contributed by atoms with Crippen molar-refractivity contribution < 1.29 is 4.79 Å². The number of hydrogen-bond acceptors (Lipinski definition) is 4. The fourth-order valence-corrected chi connectivity index (χ4v) is 2.39. The van der Waals surface area contributed by atoms with Gasteiger partial charge in [-0.2, -0.15) is 0 Å². The molecule has 2 rings (SSSR count). The van der Waals surface area contributed by atoms with E-state index < -0.39 is 0 Å². The zero-order valence-corrected chi connectivity index (χ0v) is 15.0. The molecule has 0 unspecified atom stereocenters. The largest absolute Gasteiger partial charge is 0.363 e. The Morgan fingerprint density at radius 2 is 1.95 bits per heavy atom. The lowest BCUT2D eigenvalue weighted by Gasteiger charge is -2.34. The van der Waals surface area contributed by atoms with E-state index in [1.807, 2.05) is 31.1 Å². The number of halogens is 2. The van der Waals surface area contributed by atoms with Crippen LogP contribution < -0.4 is 15.5 Å². The summed E-state index contributed by atoms with van der Waals surface area (Å²) in [5.41, 5.74) is 0.825. The number of aromatic nitrogens is 1. The van der Waals surface area contributed by atoms with Crippen LogP contribution in [0.3, 0.4) is 0 Å². The molecular formula is C15H26Cl2N4O. The summed E-state index contributed by atoms with van der Waals surface area (Å²) in [5, 5.41) is 6.39. The molecule has 5 nitrogen and oxygen atoms in total. The molecule has 2 N–H and O–H groups in total. The normalized spacial score (nSPS) is 16.0. The predicted octanol–water partition coefficient (Wildman–Crippen LogP) is 2.11. The van der Waals surface area contributed by atoms with Crippen molar-refractivity contribution in [3.63, 3.8) is 0 Å². The summed E-state index contributed by atoms with van der Waals surface area (Å²) in [5.74, 6) is 0.814. The molecule has 2 heterocycles. The van der Waals surface area contributed by atoms with E-state index in [4.69, 9.17) is 0 Å². The highest BCUT2D eigenvalue weighted by Gasteiger charge is 2.27. The van der Waals surface area contributed by atoms with Crippen LogP contribution in [0.2, 0.25) is 0 Å². The summed E-state index contributed by atoms with van der Waals surface area (Å²) in [7, 11) is 3.86. The van der Waals surface area contributed by atoms with Crippen LogP contribution >= 0.6 is 24.8 Å². The quantitative estimate of drug-likeness (QED) is 0.874. The molecule has 1 saturated heterocycles. The molecular weight excluding hydrogens is 323 g/mol. The SMILES string of the molecule is CN(C)c1ccc(C(=O)NCC2(C)CCNCC2)cn1.Cl.Cl. The highest BCUT2D eigenvalue weighted by molar-refractivity contribution is 5.94. The fraction of sp³-hybridized carbons (Fsp3) is 0.600. The molecule has 0 atom stereocenters. The van der Waals surface area contributed by atoms with Gasteiger partial charge in [-0.05, 0) is 43.5 Å². The molecule has 0 spiro atoms. The van der Waals surface area contributed by atoms with Gasteiger partial charge in [0.2, 0.25) is 0 Å². The van der Waals surface area contributed by atoms with Gasteiger partial charge in [0.1, 0.15) is 5.82 Å². The first-order chi connectivity index (χ1) is 9.50. The Balaban J connectivity index is 0.00000220. The predicted molar refractivity (Wildman–Crippen MR) is 95.6 cm³/mol. The van der Waals surface area contributed by atoms with Crippen LogP contribution in [0.1, 0.15) is 30.1 Å². The van der Waals surface area contributed by atoms with Crippen molar-refractivity contribution in [1.82, 2.24) is 15.6 Å². The van der Waals surface area contributed by atoms with Crippen molar-refractivity contribution in [3.05, 3.63) is 23.9 Å². The monoisotopic (exact) mass is 348 g/mol. The third-order valence-electron chi connectivity index (χ3n) is 3.95. The van der Waals surface area contributed by atoms with Gasteiger partial charge in [0.05, 0.1) is 5.56 Å². The highest BCUT2D eigenvalue weighted by atomic mass is 35.5. The minimum Gasteiger partial charge on any atom is -0.363 e. The zero-order valence-electron chi connectivity index (χ0n) is 13.4. The summed E-state index contributed by atoms with van der Waals surface area (Å²) in [6, 6.07) is 3.68. The van der Waals surface area contributed by atoms with E-state index in [9.17, 15) is 4.79 Å². The number of amides is 1. The Hall–Kier alpha value is -1.04. The van der Waals surface area contributed by atoms with Crippen LogP contribution in [-0.4, -0.2) is 44.6 Å². The lowest BCUT2D eigenvalue weighted by atomic mass is 9.81. The number of hydrogen-bond donors (Lipinski definition) is 2. The minimum atomic E-state index is -0.0393. The van der Waals surface area contributed by atoms with Gasteiger partial charge in [0, 0.05) is 26.8 Å². The summed E-state index contributed by atoms with van der Waals surface area (Å²) in [6.07, 6.45) is 3.84. The number of carbonyl (C=O) groups is 1. The van der Waals surface area contributed by atoms with Crippen LogP contribution in [0.4, 0.5) is 5.82 Å². The van der Waals surface area contributed by atoms with E-state index in [1.54, 1.807) is 6.20 Å². The van der Waals surface area contributed by atoms with E-state index in [1.165, 1.54) is 0 Å². The minimum absolute atomic E-state index is 0. The first kappa shape index (κ1) is 21.0. The van der Waals surface area contributed by atoms with E-state index in [0.717, 1.165) is 38.3 Å². The number of anilines is 1. The molecule has 7 heteroatoms. The van der Waals surface area contributed by atoms with Crippen LogP contribution in [0.25, 0.3) is 0 Å². The maximum Gasteiger partial charge on any atom is 0.252 e. The summed E-state index contributed by atoms with van der Waals surface area (Å²) in [6.45, 7) is 5.03. The van der Waals surface area contributed by atoms with Gasteiger partial charge in [0.15, 0.2) is 0 Å². The van der Waals surface area contributed by atoms with Gasteiger partial charge in [0.25, 0.3) is 5.91 Å². The van der Waals surface area contributed by atoms with Crippen molar-refractivity contribution in [2.75, 3.05) is 38.6 Å². The molecule has 0 saturated carbocycles. The molecule has 126 valence electrons. The molecule has 0 aromatic carbocycles. The zero-order chi connectivity index (χ0) is 14.6. The molecule has 1 aromatic heterocycles. The Morgan fingerprint density at radius 3 is 2.45 bits per heavy atom. The molecule has 0 bridgehead atoms. The Kier molecular flexibility index (Phi) is 8.74. The Bertz CT molecular complexity index is 459. The van der Waals surface area contributed by atoms with Crippen molar-refractivity contribution in [2.45, 2.75) is 19.8 Å². The standard InChI is InChI=1S/C15H24N4O.2ClH/c1-15(6-8-16-9-7-15)11-18-14(20)12-4-5-13(17-10-12)19(2)3;;/h4-5,10,16H,6-9,11H2,1-3H3,(H,18,20);2*1H. The number of rotatable bonds is 4. The van der Waals surface area contributed by atoms with Crippen molar-refractivity contribution in [1.29, 1.82) is 0 Å². The Labute approximate surface area is 145 Å². The molecule has 0 aliphatic carbocycles. The van der Waals surface area contributed by atoms with Gasteiger partial charge < -0.3 is 15.5 Å². The van der Waals surface area contributed by atoms with E-state index >= 15 is 0 Å². The van der Waals surface area contributed by atoms with E-state index in [0.29, 0.717) is 5.56 Å². The van der Waals surface area contributed by atoms with Crippen molar-refractivity contribution in [3.8, 4) is 0 Å². The molecule has 0 radical (unpaired) electrons. The maximum atomic E-state index is 12.1. The summed E-state index contributed by atoms with van der Waals surface area (Å²) in [4.78, 5) is 18.3. The van der Waals surface area contributed by atoms with Gasteiger partial charge in [-0.3, -0.25) is 4.79 Å². The number of nitrogens with zero attached hydrogens (tertiary/aromatic N) is 2. The number of carbonyl (C=O) groups excluding carboxylic acids is 1.